The Balaban J connectivity index is 1.80. The molecule has 0 radical (unpaired) electrons. The van der Waals surface area contributed by atoms with E-state index in [1.54, 1.807) is 23.1 Å². The van der Waals surface area contributed by atoms with Crippen molar-refractivity contribution in [3.8, 4) is 0 Å². The number of fused-ring (bicyclic) bond motifs is 1. The largest absolute Gasteiger partial charge is 0.326 e. The van der Waals surface area contributed by atoms with Gasteiger partial charge in [-0.05, 0) is 55.7 Å². The van der Waals surface area contributed by atoms with E-state index < -0.39 is 0 Å². The molecule has 24 heavy (non-hydrogen) atoms. The van der Waals surface area contributed by atoms with Crippen LogP contribution < -0.4 is 5.32 Å². The van der Waals surface area contributed by atoms with Crippen molar-refractivity contribution >= 4 is 44.9 Å². The van der Waals surface area contributed by atoms with Gasteiger partial charge in [-0.2, -0.15) is 0 Å². The molecule has 0 saturated heterocycles. The lowest BCUT2D eigenvalue weighted by Gasteiger charge is -2.10. The number of carbonyl (C=O) groups is 1. The van der Waals surface area contributed by atoms with Gasteiger partial charge in [0.2, 0.25) is 5.91 Å². The normalized spacial score (nSPS) is 11.0. The molecule has 0 aliphatic heterocycles. The van der Waals surface area contributed by atoms with Crippen LogP contribution in [0.1, 0.15) is 29.2 Å². The lowest BCUT2D eigenvalue weighted by Crippen LogP contribution is -2.05. The minimum Gasteiger partial charge on any atom is -0.326 e. The van der Waals surface area contributed by atoms with Gasteiger partial charge < -0.3 is 5.32 Å². The van der Waals surface area contributed by atoms with Crippen LogP contribution in [0.15, 0.2) is 34.7 Å². The molecule has 0 atom stereocenters. The summed E-state index contributed by atoms with van der Waals surface area (Å²) in [6.07, 6.45) is 0. The first-order valence-electron chi connectivity index (χ1n) is 7.80. The summed E-state index contributed by atoms with van der Waals surface area (Å²) in [5.74, 6) is 0.870. The molecule has 0 bridgehead atoms. The Morgan fingerprint density at radius 1 is 1.17 bits per heavy atom. The molecular formula is C19H20N2OS2. The number of carbonyl (C=O) groups excluding carboxylic acids is 1. The van der Waals surface area contributed by atoms with Gasteiger partial charge in [0.25, 0.3) is 0 Å². The highest BCUT2D eigenvalue weighted by Crippen LogP contribution is 2.34. The summed E-state index contributed by atoms with van der Waals surface area (Å²) in [5.41, 5.74) is 7.19. The average molecular weight is 357 g/mol. The van der Waals surface area contributed by atoms with Gasteiger partial charge in [0.1, 0.15) is 0 Å². The number of anilines is 1. The van der Waals surface area contributed by atoms with Crippen molar-refractivity contribution in [2.24, 2.45) is 0 Å². The standard InChI is InChI=1S/C19H20N2OS2/c1-11-7-12(2)16(13(3)8-11)10-23-19-21-17-6-5-15(20-14(4)22)9-18(17)24-19/h5-9H,10H2,1-4H3,(H,20,22). The molecule has 3 nitrogen and oxygen atoms in total. The minimum absolute atomic E-state index is 0.0567. The monoisotopic (exact) mass is 356 g/mol. The highest BCUT2D eigenvalue weighted by Gasteiger charge is 2.09. The van der Waals surface area contributed by atoms with Crippen LogP contribution in [-0.4, -0.2) is 10.9 Å². The van der Waals surface area contributed by atoms with Crippen molar-refractivity contribution in [2.75, 3.05) is 5.32 Å². The van der Waals surface area contributed by atoms with E-state index in [4.69, 9.17) is 4.98 Å². The topological polar surface area (TPSA) is 42.0 Å². The van der Waals surface area contributed by atoms with Crippen molar-refractivity contribution in [3.05, 3.63) is 52.6 Å². The van der Waals surface area contributed by atoms with Crippen LogP contribution in [0.5, 0.6) is 0 Å². The van der Waals surface area contributed by atoms with Crippen LogP contribution >= 0.6 is 23.1 Å². The first-order chi connectivity index (χ1) is 11.4. The molecule has 1 N–H and O–H groups in total. The third kappa shape index (κ3) is 3.79. The maximum Gasteiger partial charge on any atom is 0.221 e. The van der Waals surface area contributed by atoms with Gasteiger partial charge in [-0.1, -0.05) is 29.5 Å². The van der Waals surface area contributed by atoms with E-state index in [1.165, 1.54) is 29.2 Å². The van der Waals surface area contributed by atoms with E-state index in [1.807, 2.05) is 18.2 Å². The number of thiazole rings is 1. The first-order valence-corrected chi connectivity index (χ1v) is 9.60. The zero-order valence-corrected chi connectivity index (χ0v) is 15.9. The van der Waals surface area contributed by atoms with Crippen LogP contribution in [0.2, 0.25) is 0 Å². The van der Waals surface area contributed by atoms with Gasteiger partial charge in [0, 0.05) is 18.4 Å². The number of thioether (sulfide) groups is 1. The Labute approximate surface area is 150 Å². The Morgan fingerprint density at radius 3 is 2.54 bits per heavy atom. The molecule has 1 amide bonds. The summed E-state index contributed by atoms with van der Waals surface area (Å²) >= 11 is 3.45. The van der Waals surface area contributed by atoms with E-state index in [9.17, 15) is 4.79 Å². The lowest BCUT2D eigenvalue weighted by molar-refractivity contribution is -0.114. The van der Waals surface area contributed by atoms with Crippen molar-refractivity contribution in [3.63, 3.8) is 0 Å². The Morgan fingerprint density at radius 2 is 1.88 bits per heavy atom. The number of aryl methyl sites for hydroxylation is 3. The molecule has 5 heteroatoms. The maximum atomic E-state index is 11.2. The van der Waals surface area contributed by atoms with Gasteiger partial charge in [-0.25, -0.2) is 4.98 Å². The van der Waals surface area contributed by atoms with Gasteiger partial charge in [-0.3, -0.25) is 4.79 Å². The SMILES string of the molecule is CC(=O)Nc1ccc2nc(SCc3c(C)cc(C)cc3C)sc2c1. The fourth-order valence-corrected chi connectivity index (χ4v) is 5.12. The summed E-state index contributed by atoms with van der Waals surface area (Å²) in [7, 11) is 0. The second-order valence-corrected chi connectivity index (χ2v) is 8.26. The first kappa shape index (κ1) is 17.0. The van der Waals surface area contributed by atoms with Crippen LogP contribution in [-0.2, 0) is 10.5 Å². The van der Waals surface area contributed by atoms with Gasteiger partial charge in [0.15, 0.2) is 4.34 Å². The maximum absolute atomic E-state index is 11.2. The highest BCUT2D eigenvalue weighted by atomic mass is 32.2. The molecule has 0 aliphatic carbocycles. The quantitative estimate of drug-likeness (QED) is 0.630. The number of benzene rings is 2. The van der Waals surface area contributed by atoms with E-state index in [0.717, 1.165) is 26.0 Å². The molecule has 0 unspecified atom stereocenters. The second-order valence-electron chi connectivity index (χ2n) is 6.01. The Bertz CT molecular complexity index is 892. The molecule has 0 aliphatic rings. The molecule has 1 aromatic heterocycles. The van der Waals surface area contributed by atoms with Gasteiger partial charge in [0.05, 0.1) is 10.2 Å². The average Bonchev–Trinajstić information content (AvgIpc) is 2.87. The van der Waals surface area contributed by atoms with Crippen LogP contribution in [0.4, 0.5) is 5.69 Å². The zero-order chi connectivity index (χ0) is 17.3. The van der Waals surface area contributed by atoms with Crippen molar-refractivity contribution < 1.29 is 4.79 Å². The number of nitrogens with one attached hydrogen (secondary N) is 1. The third-order valence-electron chi connectivity index (χ3n) is 3.87. The van der Waals surface area contributed by atoms with Crippen LogP contribution in [0.3, 0.4) is 0 Å². The molecule has 2 aromatic carbocycles. The lowest BCUT2D eigenvalue weighted by atomic mass is 10.0. The van der Waals surface area contributed by atoms with Crippen LogP contribution in [0.25, 0.3) is 10.2 Å². The van der Waals surface area contributed by atoms with Crippen molar-refractivity contribution in [1.29, 1.82) is 0 Å². The number of hydrogen-bond acceptors (Lipinski definition) is 4. The third-order valence-corrected chi connectivity index (χ3v) is 6.06. The molecule has 3 rings (SSSR count). The summed E-state index contributed by atoms with van der Waals surface area (Å²) in [6.45, 7) is 8.00. The molecule has 0 fully saturated rings. The molecule has 3 aromatic rings. The van der Waals surface area contributed by atoms with Crippen LogP contribution in [0, 0.1) is 20.8 Å². The molecule has 124 valence electrons. The van der Waals surface area contributed by atoms with E-state index >= 15 is 0 Å². The molecule has 1 heterocycles. The fourth-order valence-electron chi connectivity index (χ4n) is 2.82. The fraction of sp³-hybridized carbons (Fsp3) is 0.263. The summed E-state index contributed by atoms with van der Waals surface area (Å²) < 4.78 is 2.16. The predicted octanol–water partition coefficient (Wildman–Crippen LogP) is 5.47. The summed E-state index contributed by atoms with van der Waals surface area (Å²) in [6, 6.07) is 10.3. The van der Waals surface area contributed by atoms with Crippen molar-refractivity contribution in [2.45, 2.75) is 37.8 Å². The number of nitrogens with zero attached hydrogens (tertiary/aromatic N) is 1. The minimum atomic E-state index is -0.0567. The molecular weight excluding hydrogens is 336 g/mol. The zero-order valence-electron chi connectivity index (χ0n) is 14.3. The number of hydrogen-bond donors (Lipinski definition) is 1. The summed E-state index contributed by atoms with van der Waals surface area (Å²) in [4.78, 5) is 15.9. The number of rotatable bonds is 4. The predicted molar refractivity (Wildman–Crippen MR) is 104 cm³/mol. The Hall–Kier alpha value is -1.85. The smallest absolute Gasteiger partial charge is 0.221 e. The summed E-state index contributed by atoms with van der Waals surface area (Å²) in [5, 5.41) is 2.82. The van der Waals surface area contributed by atoms with Crippen molar-refractivity contribution in [1.82, 2.24) is 4.98 Å². The van der Waals surface area contributed by atoms with Gasteiger partial charge >= 0.3 is 0 Å². The highest BCUT2D eigenvalue weighted by molar-refractivity contribution is 8.00. The number of amides is 1. The number of aromatic nitrogens is 1. The molecule has 0 spiro atoms. The van der Waals surface area contributed by atoms with E-state index in [-0.39, 0.29) is 5.91 Å². The van der Waals surface area contributed by atoms with E-state index in [0.29, 0.717) is 0 Å². The molecule has 0 saturated carbocycles. The second kappa shape index (κ2) is 6.95. The van der Waals surface area contributed by atoms with Gasteiger partial charge in [-0.15, -0.1) is 11.3 Å². The Kier molecular flexibility index (Phi) is 4.92. The van der Waals surface area contributed by atoms with E-state index in [2.05, 4.69) is 38.2 Å².